The van der Waals surface area contributed by atoms with Crippen molar-refractivity contribution in [3.8, 4) is 17.1 Å². The predicted octanol–water partition coefficient (Wildman–Crippen LogP) is 0.389. The summed E-state index contributed by atoms with van der Waals surface area (Å²) in [5.74, 6) is -0.340. The highest BCUT2D eigenvalue weighted by molar-refractivity contribution is 5.75. The van der Waals surface area contributed by atoms with Crippen LogP contribution in [-0.2, 0) is 7.05 Å². The van der Waals surface area contributed by atoms with Crippen LogP contribution in [0.15, 0.2) is 39.9 Å². The third-order valence-electron chi connectivity index (χ3n) is 2.96. The Bertz CT molecular complexity index is 913. The fourth-order valence-corrected chi connectivity index (χ4v) is 1.89. The van der Waals surface area contributed by atoms with Crippen molar-refractivity contribution in [3.05, 3.63) is 51.2 Å². The lowest BCUT2D eigenvalue weighted by molar-refractivity contribution is 0.455. The highest BCUT2D eigenvalue weighted by atomic mass is 16.3. The largest absolute Gasteiger partial charge is 0.492 e. The first-order chi connectivity index (χ1) is 9.58. The van der Waals surface area contributed by atoms with Gasteiger partial charge in [0.2, 0.25) is 5.88 Å². The van der Waals surface area contributed by atoms with Crippen molar-refractivity contribution in [2.75, 3.05) is 0 Å². The third kappa shape index (κ3) is 1.76. The lowest BCUT2D eigenvalue weighted by Gasteiger charge is -2.05. The number of rotatable bonds is 1. The van der Waals surface area contributed by atoms with Gasteiger partial charge in [0, 0.05) is 12.6 Å². The third-order valence-corrected chi connectivity index (χ3v) is 2.96. The van der Waals surface area contributed by atoms with E-state index in [1.807, 2.05) is 6.07 Å². The molecule has 2 N–H and O–H groups in total. The molecule has 20 heavy (non-hydrogen) atoms. The predicted molar refractivity (Wildman–Crippen MR) is 72.5 cm³/mol. The lowest BCUT2D eigenvalue weighted by atomic mass is 10.1. The van der Waals surface area contributed by atoms with E-state index >= 15 is 0 Å². The number of fused-ring (bicyclic) bond motifs is 1. The van der Waals surface area contributed by atoms with Gasteiger partial charge in [-0.15, -0.1) is 0 Å². The Morgan fingerprint density at radius 3 is 2.55 bits per heavy atom. The van der Waals surface area contributed by atoms with Gasteiger partial charge < -0.3 is 5.11 Å². The summed E-state index contributed by atoms with van der Waals surface area (Å²) in [4.78, 5) is 33.8. The number of hydrogen-bond acceptors (Lipinski definition) is 5. The van der Waals surface area contributed by atoms with Crippen LogP contribution in [0.2, 0.25) is 0 Å². The number of aromatic hydroxyl groups is 1. The molecule has 7 nitrogen and oxygen atoms in total. The fourth-order valence-electron chi connectivity index (χ4n) is 1.89. The number of aromatic nitrogens is 4. The highest BCUT2D eigenvalue weighted by Crippen LogP contribution is 2.25. The van der Waals surface area contributed by atoms with Crippen molar-refractivity contribution >= 4 is 11.2 Å². The minimum absolute atomic E-state index is 0.00348. The van der Waals surface area contributed by atoms with Gasteiger partial charge in [-0.2, -0.15) is 4.98 Å². The molecular weight excluding hydrogens is 260 g/mol. The van der Waals surface area contributed by atoms with E-state index in [1.165, 1.54) is 7.05 Å². The first-order valence-electron chi connectivity index (χ1n) is 5.83. The Labute approximate surface area is 112 Å². The van der Waals surface area contributed by atoms with Crippen molar-refractivity contribution in [1.82, 2.24) is 19.5 Å². The summed E-state index contributed by atoms with van der Waals surface area (Å²) in [6.45, 7) is 0. The molecular formula is C13H10N4O3. The van der Waals surface area contributed by atoms with Gasteiger partial charge in [0.15, 0.2) is 11.2 Å². The van der Waals surface area contributed by atoms with E-state index in [0.717, 1.165) is 4.57 Å². The van der Waals surface area contributed by atoms with Crippen LogP contribution in [0.5, 0.6) is 5.88 Å². The van der Waals surface area contributed by atoms with Gasteiger partial charge in [0.05, 0.1) is 0 Å². The molecule has 0 amide bonds. The summed E-state index contributed by atoms with van der Waals surface area (Å²) in [7, 11) is 1.34. The highest BCUT2D eigenvalue weighted by Gasteiger charge is 2.14. The molecule has 3 rings (SSSR count). The maximum absolute atomic E-state index is 12.0. The van der Waals surface area contributed by atoms with Crippen LogP contribution in [0.4, 0.5) is 0 Å². The summed E-state index contributed by atoms with van der Waals surface area (Å²) in [6, 6.07) is 8.88. The normalized spacial score (nSPS) is 10.8. The van der Waals surface area contributed by atoms with E-state index in [0.29, 0.717) is 5.56 Å². The molecule has 0 aliphatic carbocycles. The van der Waals surface area contributed by atoms with Crippen LogP contribution in [0.1, 0.15) is 0 Å². The second-order valence-corrected chi connectivity index (χ2v) is 4.25. The average molecular weight is 270 g/mol. The monoisotopic (exact) mass is 270 g/mol. The number of hydrogen-bond donors (Lipinski definition) is 2. The van der Waals surface area contributed by atoms with Crippen LogP contribution in [-0.4, -0.2) is 24.6 Å². The molecule has 2 heterocycles. The molecule has 0 saturated heterocycles. The maximum atomic E-state index is 12.0. The van der Waals surface area contributed by atoms with Gasteiger partial charge in [0.25, 0.3) is 5.56 Å². The zero-order valence-corrected chi connectivity index (χ0v) is 10.5. The average Bonchev–Trinajstić information content (AvgIpc) is 2.45. The number of benzene rings is 1. The molecule has 0 atom stereocenters. The molecule has 0 unspecified atom stereocenters. The zero-order valence-electron chi connectivity index (χ0n) is 10.5. The summed E-state index contributed by atoms with van der Waals surface area (Å²) < 4.78 is 0.906. The molecule has 2 aromatic heterocycles. The van der Waals surface area contributed by atoms with E-state index in [9.17, 15) is 14.7 Å². The molecule has 3 aromatic rings. The van der Waals surface area contributed by atoms with Gasteiger partial charge in [-0.1, -0.05) is 30.3 Å². The molecule has 7 heteroatoms. The van der Waals surface area contributed by atoms with Crippen molar-refractivity contribution < 1.29 is 5.11 Å². The van der Waals surface area contributed by atoms with Crippen LogP contribution in [0.3, 0.4) is 0 Å². The molecule has 0 aliphatic rings. The minimum Gasteiger partial charge on any atom is -0.492 e. The van der Waals surface area contributed by atoms with Crippen molar-refractivity contribution in [1.29, 1.82) is 0 Å². The summed E-state index contributed by atoms with van der Waals surface area (Å²) in [6.07, 6.45) is 0. The second kappa shape index (κ2) is 4.30. The van der Waals surface area contributed by atoms with Crippen molar-refractivity contribution in [2.24, 2.45) is 7.05 Å². The molecule has 0 aliphatic heterocycles. The molecule has 0 radical (unpaired) electrons. The van der Waals surface area contributed by atoms with Gasteiger partial charge in [0.1, 0.15) is 5.69 Å². The van der Waals surface area contributed by atoms with E-state index in [-0.39, 0.29) is 22.7 Å². The Morgan fingerprint density at radius 1 is 1.15 bits per heavy atom. The minimum atomic E-state index is -0.608. The summed E-state index contributed by atoms with van der Waals surface area (Å²) >= 11 is 0. The zero-order chi connectivity index (χ0) is 14.3. The quantitative estimate of drug-likeness (QED) is 0.666. The van der Waals surface area contributed by atoms with Gasteiger partial charge in [-0.25, -0.2) is 9.78 Å². The smallest absolute Gasteiger partial charge is 0.329 e. The van der Waals surface area contributed by atoms with Crippen molar-refractivity contribution in [2.45, 2.75) is 0 Å². The first kappa shape index (κ1) is 12.1. The maximum Gasteiger partial charge on any atom is 0.329 e. The van der Waals surface area contributed by atoms with Crippen LogP contribution in [0.25, 0.3) is 22.4 Å². The molecule has 0 bridgehead atoms. The van der Waals surface area contributed by atoms with Gasteiger partial charge in [-0.05, 0) is 0 Å². The molecule has 0 saturated carbocycles. The Hall–Kier alpha value is -2.96. The van der Waals surface area contributed by atoms with Gasteiger partial charge in [-0.3, -0.25) is 14.3 Å². The molecule has 0 fully saturated rings. The van der Waals surface area contributed by atoms with E-state index in [1.54, 1.807) is 24.3 Å². The molecule has 100 valence electrons. The number of H-pyrrole nitrogens is 1. The number of aromatic amines is 1. The first-order valence-corrected chi connectivity index (χ1v) is 5.83. The van der Waals surface area contributed by atoms with Crippen LogP contribution >= 0.6 is 0 Å². The molecule has 1 aromatic carbocycles. The lowest BCUT2D eigenvalue weighted by Crippen LogP contribution is -2.33. The topological polar surface area (TPSA) is 101 Å². The summed E-state index contributed by atoms with van der Waals surface area (Å²) in [5.41, 5.74) is -0.369. The Morgan fingerprint density at radius 2 is 1.85 bits per heavy atom. The fraction of sp³-hybridized carbons (Fsp3) is 0.0769. The Balaban J connectivity index is 2.40. The van der Waals surface area contributed by atoms with Crippen molar-refractivity contribution in [3.63, 3.8) is 0 Å². The second-order valence-electron chi connectivity index (χ2n) is 4.25. The Kier molecular flexibility index (Phi) is 2.60. The van der Waals surface area contributed by atoms with E-state index in [4.69, 9.17) is 0 Å². The number of nitrogens with one attached hydrogen (secondary N) is 1. The van der Waals surface area contributed by atoms with E-state index in [2.05, 4.69) is 15.0 Å². The van der Waals surface area contributed by atoms with E-state index < -0.39 is 11.2 Å². The molecule has 0 spiro atoms. The standard InChI is InChI=1S/C13H10N4O3/c1-17-12(19)9-10(16-13(17)20)15-11(18)8(14-9)7-5-3-2-4-6-7/h2-6H,1H3,(H2,15,16,18,20). The van der Waals surface area contributed by atoms with Gasteiger partial charge >= 0.3 is 5.69 Å². The SMILES string of the molecule is Cn1c(=O)[nH]c2nc(O)c(-c3ccccc3)nc2c1=O. The van der Waals surface area contributed by atoms with Crippen LogP contribution in [0, 0.1) is 0 Å². The number of nitrogens with zero attached hydrogens (tertiary/aromatic N) is 3. The van der Waals surface area contributed by atoms with Crippen LogP contribution < -0.4 is 11.2 Å². The summed E-state index contributed by atoms with van der Waals surface area (Å²) in [5, 5.41) is 9.91.